The van der Waals surface area contributed by atoms with Crippen molar-refractivity contribution in [2.24, 2.45) is 5.41 Å². The van der Waals surface area contributed by atoms with Crippen LogP contribution < -0.4 is 11.1 Å². The number of hydrogen-bond donors (Lipinski definition) is 2. The maximum atomic E-state index is 5.95. The Balaban J connectivity index is 1.90. The van der Waals surface area contributed by atoms with Gasteiger partial charge >= 0.3 is 0 Å². The third kappa shape index (κ3) is 1.90. The number of nitrogens with two attached hydrogens (primary N) is 1. The molecule has 94 valence electrons. The predicted octanol–water partition coefficient (Wildman–Crippen LogP) is 3.42. The number of pyridine rings is 1. The van der Waals surface area contributed by atoms with Gasteiger partial charge in [0.1, 0.15) is 0 Å². The number of nitrogens with one attached hydrogen (secondary N) is 1. The number of anilines is 2. The Morgan fingerprint density at radius 1 is 1.33 bits per heavy atom. The lowest BCUT2D eigenvalue weighted by atomic mass is 9.70. The number of rotatable bonds is 3. The first-order valence-corrected chi connectivity index (χ1v) is 6.55. The molecule has 2 aromatic rings. The molecule has 3 N–H and O–H groups in total. The molecule has 1 aliphatic carbocycles. The molecule has 0 spiro atoms. The molecule has 3 nitrogen and oxygen atoms in total. The molecule has 1 fully saturated rings. The van der Waals surface area contributed by atoms with Crippen molar-refractivity contribution >= 4 is 22.3 Å². The lowest BCUT2D eigenvalue weighted by molar-refractivity contribution is 0.180. The van der Waals surface area contributed by atoms with Crippen LogP contribution in [0.4, 0.5) is 11.4 Å². The molecule has 0 aliphatic heterocycles. The smallest absolute Gasteiger partial charge is 0.0951 e. The minimum Gasteiger partial charge on any atom is -0.397 e. The summed E-state index contributed by atoms with van der Waals surface area (Å²) in [7, 11) is 0. The molecule has 1 aliphatic rings. The molecule has 0 unspecified atom stereocenters. The molecule has 0 saturated heterocycles. The zero-order valence-electron chi connectivity index (χ0n) is 10.7. The van der Waals surface area contributed by atoms with E-state index in [1.165, 1.54) is 19.3 Å². The Hall–Kier alpha value is -1.77. The zero-order valence-corrected chi connectivity index (χ0v) is 10.7. The molecule has 0 atom stereocenters. The van der Waals surface area contributed by atoms with Crippen LogP contribution in [0, 0.1) is 5.41 Å². The van der Waals surface area contributed by atoms with Crippen LogP contribution in [0.15, 0.2) is 30.5 Å². The molecule has 1 saturated carbocycles. The molecule has 3 rings (SSSR count). The third-order valence-corrected chi connectivity index (χ3v) is 4.07. The van der Waals surface area contributed by atoms with E-state index in [2.05, 4.69) is 29.4 Å². The third-order valence-electron chi connectivity index (χ3n) is 4.07. The molecule has 0 bridgehead atoms. The number of nitrogens with zero attached hydrogens (tertiary/aromatic N) is 1. The number of fused-ring (bicyclic) bond motifs is 1. The molecule has 0 radical (unpaired) electrons. The highest BCUT2D eigenvalue weighted by molar-refractivity contribution is 5.98. The van der Waals surface area contributed by atoms with Gasteiger partial charge in [-0.25, -0.2) is 0 Å². The average Bonchev–Trinajstić information content (AvgIpc) is 2.36. The molecule has 3 heteroatoms. The maximum absolute atomic E-state index is 5.95. The maximum Gasteiger partial charge on any atom is 0.0951 e. The van der Waals surface area contributed by atoms with E-state index in [9.17, 15) is 0 Å². The van der Waals surface area contributed by atoms with Crippen LogP contribution in [0.3, 0.4) is 0 Å². The standard InChI is InChI=1S/C15H19N3/c1-15(7-3-8-15)10-18-13-6-5-12(16)14-11(13)4-2-9-17-14/h2,4-6,9,18H,3,7-8,10,16H2,1H3. The number of benzene rings is 1. The summed E-state index contributed by atoms with van der Waals surface area (Å²) in [5.41, 5.74) is 9.19. The summed E-state index contributed by atoms with van der Waals surface area (Å²) >= 11 is 0. The first-order chi connectivity index (χ1) is 8.68. The molecule has 1 aromatic carbocycles. The van der Waals surface area contributed by atoms with Crippen molar-refractivity contribution in [3.05, 3.63) is 30.5 Å². The predicted molar refractivity (Wildman–Crippen MR) is 76.6 cm³/mol. The SMILES string of the molecule is CC1(CNc2ccc(N)c3ncccc23)CCC1. The second kappa shape index (κ2) is 4.16. The van der Waals surface area contributed by atoms with Crippen molar-refractivity contribution in [1.82, 2.24) is 4.98 Å². The average molecular weight is 241 g/mol. The van der Waals surface area contributed by atoms with E-state index < -0.39 is 0 Å². The first kappa shape index (κ1) is 11.3. The number of hydrogen-bond acceptors (Lipinski definition) is 3. The topological polar surface area (TPSA) is 50.9 Å². The second-order valence-corrected chi connectivity index (χ2v) is 5.62. The van der Waals surface area contributed by atoms with Crippen LogP contribution in [-0.2, 0) is 0 Å². The van der Waals surface area contributed by atoms with Gasteiger partial charge in [-0.2, -0.15) is 0 Å². The van der Waals surface area contributed by atoms with Crippen LogP contribution in [0.2, 0.25) is 0 Å². The molecule has 1 heterocycles. The van der Waals surface area contributed by atoms with E-state index in [-0.39, 0.29) is 0 Å². The van der Waals surface area contributed by atoms with Gasteiger partial charge in [0.2, 0.25) is 0 Å². The highest BCUT2D eigenvalue weighted by Gasteiger charge is 2.31. The van der Waals surface area contributed by atoms with Gasteiger partial charge in [0.25, 0.3) is 0 Å². The Morgan fingerprint density at radius 3 is 2.89 bits per heavy atom. The Morgan fingerprint density at radius 2 is 2.17 bits per heavy atom. The van der Waals surface area contributed by atoms with E-state index in [1.54, 1.807) is 6.20 Å². The second-order valence-electron chi connectivity index (χ2n) is 5.62. The molecular formula is C15H19N3. The van der Waals surface area contributed by atoms with Crippen molar-refractivity contribution in [3.63, 3.8) is 0 Å². The van der Waals surface area contributed by atoms with Gasteiger partial charge in [0, 0.05) is 23.8 Å². The minimum absolute atomic E-state index is 0.468. The summed E-state index contributed by atoms with van der Waals surface area (Å²) in [6.45, 7) is 3.38. The molecular weight excluding hydrogens is 222 g/mol. The van der Waals surface area contributed by atoms with E-state index in [4.69, 9.17) is 5.73 Å². The summed E-state index contributed by atoms with van der Waals surface area (Å²) in [5.74, 6) is 0. The van der Waals surface area contributed by atoms with E-state index in [0.29, 0.717) is 5.41 Å². The quantitative estimate of drug-likeness (QED) is 0.809. The lowest BCUT2D eigenvalue weighted by Crippen LogP contribution is -2.33. The van der Waals surface area contributed by atoms with Gasteiger partial charge in [0.05, 0.1) is 11.2 Å². The van der Waals surface area contributed by atoms with Gasteiger partial charge in [-0.1, -0.05) is 13.3 Å². The van der Waals surface area contributed by atoms with Crippen molar-refractivity contribution < 1.29 is 0 Å². The van der Waals surface area contributed by atoms with Crippen LogP contribution in [-0.4, -0.2) is 11.5 Å². The minimum atomic E-state index is 0.468. The largest absolute Gasteiger partial charge is 0.397 e. The summed E-state index contributed by atoms with van der Waals surface area (Å²) in [6, 6.07) is 8.02. The fourth-order valence-electron chi connectivity index (χ4n) is 2.61. The lowest BCUT2D eigenvalue weighted by Gasteiger charge is -2.38. The van der Waals surface area contributed by atoms with Crippen molar-refractivity contribution in [2.45, 2.75) is 26.2 Å². The molecule has 18 heavy (non-hydrogen) atoms. The zero-order chi connectivity index (χ0) is 12.6. The van der Waals surface area contributed by atoms with Gasteiger partial charge in [-0.15, -0.1) is 0 Å². The van der Waals surface area contributed by atoms with Crippen molar-refractivity contribution in [3.8, 4) is 0 Å². The summed E-state index contributed by atoms with van der Waals surface area (Å²) in [4.78, 5) is 4.35. The highest BCUT2D eigenvalue weighted by Crippen LogP contribution is 2.40. The Bertz CT molecular complexity index is 573. The first-order valence-electron chi connectivity index (χ1n) is 6.55. The van der Waals surface area contributed by atoms with E-state index in [1.807, 2.05) is 12.1 Å². The highest BCUT2D eigenvalue weighted by atomic mass is 14.9. The van der Waals surface area contributed by atoms with Crippen LogP contribution in [0.5, 0.6) is 0 Å². The fourth-order valence-corrected chi connectivity index (χ4v) is 2.61. The van der Waals surface area contributed by atoms with E-state index in [0.717, 1.165) is 28.8 Å². The molecule has 1 aromatic heterocycles. The summed E-state index contributed by atoms with van der Waals surface area (Å²) < 4.78 is 0. The van der Waals surface area contributed by atoms with Crippen LogP contribution >= 0.6 is 0 Å². The van der Waals surface area contributed by atoms with Crippen LogP contribution in [0.1, 0.15) is 26.2 Å². The summed E-state index contributed by atoms with van der Waals surface area (Å²) in [6.07, 6.45) is 5.80. The number of aromatic nitrogens is 1. The van der Waals surface area contributed by atoms with Gasteiger partial charge in [-0.3, -0.25) is 4.98 Å². The fraction of sp³-hybridized carbons (Fsp3) is 0.400. The normalized spacial score (nSPS) is 17.4. The van der Waals surface area contributed by atoms with E-state index >= 15 is 0 Å². The van der Waals surface area contributed by atoms with Crippen molar-refractivity contribution in [1.29, 1.82) is 0 Å². The monoisotopic (exact) mass is 241 g/mol. The Kier molecular flexibility index (Phi) is 2.62. The van der Waals surface area contributed by atoms with Gasteiger partial charge < -0.3 is 11.1 Å². The van der Waals surface area contributed by atoms with Gasteiger partial charge in [-0.05, 0) is 42.5 Å². The molecule has 0 amide bonds. The Labute approximate surface area is 107 Å². The number of nitrogen functional groups attached to an aromatic ring is 1. The summed E-state index contributed by atoms with van der Waals surface area (Å²) in [5, 5.41) is 4.67. The van der Waals surface area contributed by atoms with Gasteiger partial charge in [0.15, 0.2) is 0 Å². The van der Waals surface area contributed by atoms with Crippen molar-refractivity contribution in [2.75, 3.05) is 17.6 Å². The van der Waals surface area contributed by atoms with Crippen LogP contribution in [0.25, 0.3) is 10.9 Å².